The van der Waals surface area contributed by atoms with E-state index in [4.69, 9.17) is 17.3 Å². The van der Waals surface area contributed by atoms with Gasteiger partial charge in [0.15, 0.2) is 5.82 Å². The van der Waals surface area contributed by atoms with Crippen molar-refractivity contribution in [3.63, 3.8) is 0 Å². The van der Waals surface area contributed by atoms with Gasteiger partial charge in [-0.25, -0.2) is 13.9 Å². The third-order valence-electron chi connectivity index (χ3n) is 4.60. The summed E-state index contributed by atoms with van der Waals surface area (Å²) in [6.45, 7) is 0.633. The van der Waals surface area contributed by atoms with Crippen LogP contribution in [0.1, 0.15) is 12.8 Å². The van der Waals surface area contributed by atoms with Crippen molar-refractivity contribution in [2.24, 2.45) is 5.92 Å². The lowest BCUT2D eigenvalue weighted by Gasteiger charge is -2.09. The second-order valence-electron chi connectivity index (χ2n) is 6.78. The summed E-state index contributed by atoms with van der Waals surface area (Å²) in [6.07, 6.45) is 2.28. The first-order chi connectivity index (χ1) is 13.5. The maximum atomic E-state index is 13.3. The molecule has 0 aliphatic heterocycles. The van der Waals surface area contributed by atoms with E-state index < -0.39 is 0 Å². The Morgan fingerprint density at radius 1 is 1.18 bits per heavy atom. The molecule has 2 amide bonds. The summed E-state index contributed by atoms with van der Waals surface area (Å²) in [5, 5.41) is 10.8. The van der Waals surface area contributed by atoms with E-state index in [0.29, 0.717) is 34.6 Å². The average Bonchev–Trinajstić information content (AvgIpc) is 3.47. The molecule has 0 spiro atoms. The summed E-state index contributed by atoms with van der Waals surface area (Å²) in [5.41, 5.74) is 8.51. The van der Waals surface area contributed by atoms with Crippen LogP contribution in [0.4, 0.5) is 20.7 Å². The van der Waals surface area contributed by atoms with Crippen LogP contribution in [-0.4, -0.2) is 22.4 Å². The highest BCUT2D eigenvalue weighted by Gasteiger charge is 2.23. The fourth-order valence-corrected chi connectivity index (χ4v) is 2.99. The summed E-state index contributed by atoms with van der Waals surface area (Å²) in [6, 6.07) is 12.5. The monoisotopic (exact) mass is 399 g/mol. The van der Waals surface area contributed by atoms with Gasteiger partial charge in [-0.3, -0.25) is 0 Å². The van der Waals surface area contributed by atoms with Crippen molar-refractivity contribution < 1.29 is 9.18 Å². The van der Waals surface area contributed by atoms with Gasteiger partial charge in [-0.05, 0) is 55.2 Å². The standard InChI is InChI=1S/C20H19ClFN5O/c21-14-5-3-13(4-6-14)17-18(25-20(28)24-11-12-1-2-12)19(23)27(26-17)16-9-7-15(22)8-10-16/h3-10,12H,1-2,11,23H2,(H2,24,25,28). The zero-order chi connectivity index (χ0) is 19.7. The number of urea groups is 1. The number of benzene rings is 2. The van der Waals surface area contributed by atoms with E-state index in [1.54, 1.807) is 36.4 Å². The fraction of sp³-hybridized carbons (Fsp3) is 0.200. The first-order valence-electron chi connectivity index (χ1n) is 8.96. The highest BCUT2D eigenvalue weighted by Crippen LogP contribution is 2.34. The molecular weight excluding hydrogens is 381 g/mol. The molecule has 1 aliphatic rings. The summed E-state index contributed by atoms with van der Waals surface area (Å²) >= 11 is 5.98. The van der Waals surface area contributed by atoms with Crippen molar-refractivity contribution in [3.05, 3.63) is 59.4 Å². The summed E-state index contributed by atoms with van der Waals surface area (Å²) in [5.74, 6) is 0.448. The molecule has 1 saturated carbocycles. The predicted molar refractivity (Wildman–Crippen MR) is 108 cm³/mol. The molecule has 1 aromatic heterocycles. The highest BCUT2D eigenvalue weighted by molar-refractivity contribution is 6.30. The summed E-state index contributed by atoms with van der Waals surface area (Å²) < 4.78 is 14.8. The van der Waals surface area contributed by atoms with Crippen molar-refractivity contribution in [1.82, 2.24) is 15.1 Å². The molecule has 4 N–H and O–H groups in total. The van der Waals surface area contributed by atoms with Gasteiger partial charge in [0.05, 0.1) is 5.69 Å². The van der Waals surface area contributed by atoms with E-state index in [-0.39, 0.29) is 17.7 Å². The van der Waals surface area contributed by atoms with E-state index in [1.807, 2.05) is 0 Å². The number of hydrogen-bond acceptors (Lipinski definition) is 3. The fourth-order valence-electron chi connectivity index (χ4n) is 2.86. The van der Waals surface area contributed by atoms with E-state index >= 15 is 0 Å². The van der Waals surface area contributed by atoms with Gasteiger partial charge in [0.25, 0.3) is 0 Å². The van der Waals surface area contributed by atoms with Crippen LogP contribution in [-0.2, 0) is 0 Å². The molecule has 144 valence electrons. The molecule has 0 radical (unpaired) electrons. The van der Waals surface area contributed by atoms with Crippen LogP contribution in [0.5, 0.6) is 0 Å². The number of nitrogens with zero attached hydrogens (tertiary/aromatic N) is 2. The van der Waals surface area contributed by atoms with Crippen LogP contribution in [0.15, 0.2) is 48.5 Å². The second kappa shape index (κ2) is 7.52. The Kier molecular flexibility index (Phi) is 4.92. The third-order valence-corrected chi connectivity index (χ3v) is 4.85. The van der Waals surface area contributed by atoms with E-state index in [9.17, 15) is 9.18 Å². The van der Waals surface area contributed by atoms with Gasteiger partial charge >= 0.3 is 6.03 Å². The molecule has 6 nitrogen and oxygen atoms in total. The highest BCUT2D eigenvalue weighted by atomic mass is 35.5. The SMILES string of the molecule is Nc1c(NC(=O)NCC2CC2)c(-c2ccc(Cl)cc2)nn1-c1ccc(F)cc1. The number of nitrogens with one attached hydrogen (secondary N) is 2. The van der Waals surface area contributed by atoms with Gasteiger partial charge in [-0.15, -0.1) is 0 Å². The third kappa shape index (κ3) is 3.94. The maximum Gasteiger partial charge on any atom is 0.319 e. The Labute approximate surface area is 166 Å². The van der Waals surface area contributed by atoms with Crippen LogP contribution < -0.4 is 16.4 Å². The van der Waals surface area contributed by atoms with E-state index in [0.717, 1.165) is 18.4 Å². The normalized spacial score (nSPS) is 13.4. The van der Waals surface area contributed by atoms with Crippen molar-refractivity contribution in [3.8, 4) is 16.9 Å². The van der Waals surface area contributed by atoms with Crippen molar-refractivity contribution in [1.29, 1.82) is 0 Å². The Hall–Kier alpha value is -3.06. The number of aromatic nitrogens is 2. The molecule has 0 bridgehead atoms. The number of anilines is 2. The maximum absolute atomic E-state index is 13.3. The van der Waals surface area contributed by atoms with Crippen LogP contribution in [0.25, 0.3) is 16.9 Å². The van der Waals surface area contributed by atoms with Crippen LogP contribution in [0, 0.1) is 11.7 Å². The molecule has 1 aliphatic carbocycles. The summed E-state index contributed by atoms with van der Waals surface area (Å²) in [7, 11) is 0. The molecule has 1 heterocycles. The van der Waals surface area contributed by atoms with Crippen LogP contribution >= 0.6 is 11.6 Å². The number of halogens is 2. The molecule has 1 fully saturated rings. The number of nitrogen functional groups attached to an aromatic ring is 1. The molecular formula is C20H19ClFN5O. The predicted octanol–water partition coefficient (Wildman–Crippen LogP) is 4.45. The minimum Gasteiger partial charge on any atom is -0.382 e. The van der Waals surface area contributed by atoms with Crippen LogP contribution in [0.3, 0.4) is 0 Å². The van der Waals surface area contributed by atoms with Crippen molar-refractivity contribution in [2.45, 2.75) is 12.8 Å². The Bertz CT molecular complexity index is 997. The van der Waals surface area contributed by atoms with Gasteiger partial charge in [0.2, 0.25) is 0 Å². The number of carbonyl (C=O) groups is 1. The molecule has 2 aromatic carbocycles. The Morgan fingerprint density at radius 2 is 1.86 bits per heavy atom. The number of amides is 2. The molecule has 28 heavy (non-hydrogen) atoms. The molecule has 0 atom stereocenters. The number of carbonyl (C=O) groups excluding carboxylic acids is 1. The smallest absolute Gasteiger partial charge is 0.319 e. The minimum absolute atomic E-state index is 0.248. The lowest BCUT2D eigenvalue weighted by Crippen LogP contribution is -2.30. The van der Waals surface area contributed by atoms with Gasteiger partial charge in [0, 0.05) is 17.1 Å². The van der Waals surface area contributed by atoms with Gasteiger partial charge in [-0.1, -0.05) is 23.7 Å². The number of hydrogen-bond donors (Lipinski definition) is 3. The summed E-state index contributed by atoms with van der Waals surface area (Å²) in [4.78, 5) is 12.3. The average molecular weight is 400 g/mol. The molecule has 0 saturated heterocycles. The van der Waals surface area contributed by atoms with Crippen molar-refractivity contribution in [2.75, 3.05) is 17.6 Å². The number of rotatable bonds is 5. The molecule has 4 rings (SSSR count). The van der Waals surface area contributed by atoms with Gasteiger partial charge < -0.3 is 16.4 Å². The topological polar surface area (TPSA) is 85.0 Å². The lowest BCUT2D eigenvalue weighted by molar-refractivity contribution is 0.251. The lowest BCUT2D eigenvalue weighted by atomic mass is 10.1. The number of nitrogens with two attached hydrogens (primary N) is 1. The van der Waals surface area contributed by atoms with Crippen molar-refractivity contribution >= 4 is 29.1 Å². The molecule has 0 unspecified atom stereocenters. The zero-order valence-electron chi connectivity index (χ0n) is 15.0. The quantitative estimate of drug-likeness (QED) is 0.592. The van der Waals surface area contributed by atoms with E-state index in [1.165, 1.54) is 16.8 Å². The van der Waals surface area contributed by atoms with Crippen LogP contribution in [0.2, 0.25) is 5.02 Å². The second-order valence-corrected chi connectivity index (χ2v) is 7.22. The Morgan fingerprint density at radius 3 is 2.50 bits per heavy atom. The first-order valence-corrected chi connectivity index (χ1v) is 9.34. The Balaban J connectivity index is 1.71. The molecule has 3 aromatic rings. The van der Waals surface area contributed by atoms with Gasteiger partial charge in [0.1, 0.15) is 17.2 Å². The van der Waals surface area contributed by atoms with Gasteiger partial charge in [-0.2, -0.15) is 5.10 Å². The minimum atomic E-state index is -0.356. The zero-order valence-corrected chi connectivity index (χ0v) is 15.7. The molecule has 8 heteroatoms. The first kappa shape index (κ1) is 18.3. The largest absolute Gasteiger partial charge is 0.382 e. The van der Waals surface area contributed by atoms with E-state index in [2.05, 4.69) is 15.7 Å².